The van der Waals surface area contributed by atoms with Crippen molar-refractivity contribution in [2.75, 3.05) is 17.2 Å². The summed E-state index contributed by atoms with van der Waals surface area (Å²) in [5.74, 6) is 1.16. The molecule has 0 spiro atoms. The number of sulfone groups is 1. The van der Waals surface area contributed by atoms with E-state index >= 15 is 0 Å². The second-order valence-corrected chi connectivity index (χ2v) is 6.15. The van der Waals surface area contributed by atoms with Crippen LogP contribution < -0.4 is 5.73 Å². The van der Waals surface area contributed by atoms with Crippen molar-refractivity contribution in [3.63, 3.8) is 0 Å². The highest BCUT2D eigenvalue weighted by atomic mass is 32.2. The topological polar surface area (TPSA) is 85.9 Å². The minimum Gasteiger partial charge on any atom is -0.382 e. The molecule has 1 aromatic heterocycles. The smallest absolute Gasteiger partial charge is 0.150 e. The average Bonchev–Trinajstić information content (AvgIpc) is 2.50. The average molecular weight is 227 g/mol. The Balaban J connectivity index is 2.02. The summed E-state index contributed by atoms with van der Waals surface area (Å²) in [6, 6.07) is 3.49. The molecule has 1 aromatic rings. The first-order valence-corrected chi connectivity index (χ1v) is 6.66. The van der Waals surface area contributed by atoms with E-state index in [1.807, 2.05) is 0 Å². The summed E-state index contributed by atoms with van der Waals surface area (Å²) in [5, 5.41) is 7.66. The van der Waals surface area contributed by atoms with E-state index in [0.717, 1.165) is 12.1 Å². The van der Waals surface area contributed by atoms with Gasteiger partial charge in [-0.3, -0.25) is 0 Å². The predicted molar refractivity (Wildman–Crippen MR) is 56.9 cm³/mol. The van der Waals surface area contributed by atoms with Gasteiger partial charge in [-0.15, -0.1) is 5.10 Å². The van der Waals surface area contributed by atoms with E-state index < -0.39 is 9.84 Å². The molecule has 1 aliphatic heterocycles. The van der Waals surface area contributed by atoms with Crippen LogP contribution in [0, 0.1) is 5.92 Å². The van der Waals surface area contributed by atoms with Gasteiger partial charge in [-0.05, 0) is 30.9 Å². The van der Waals surface area contributed by atoms with Gasteiger partial charge < -0.3 is 5.73 Å². The number of nitrogens with zero attached hydrogens (tertiary/aromatic N) is 2. The Morgan fingerprint density at radius 2 is 2.20 bits per heavy atom. The highest BCUT2D eigenvalue weighted by Gasteiger charge is 2.28. The quantitative estimate of drug-likeness (QED) is 0.770. The normalized spacial score (nSPS) is 24.1. The van der Waals surface area contributed by atoms with Crippen LogP contribution in [0.25, 0.3) is 0 Å². The van der Waals surface area contributed by atoms with Crippen molar-refractivity contribution in [2.45, 2.75) is 12.8 Å². The predicted octanol–water partition coefficient (Wildman–Crippen LogP) is 0.0360. The van der Waals surface area contributed by atoms with E-state index in [4.69, 9.17) is 5.73 Å². The van der Waals surface area contributed by atoms with Crippen molar-refractivity contribution in [3.05, 3.63) is 17.8 Å². The fourth-order valence-corrected chi connectivity index (χ4v) is 3.67. The SMILES string of the molecule is Nc1ccc(CC2CCS(=O)(=O)C2)nn1. The third kappa shape index (κ3) is 2.65. The molecule has 15 heavy (non-hydrogen) atoms. The summed E-state index contributed by atoms with van der Waals surface area (Å²) < 4.78 is 22.5. The number of nitrogens with two attached hydrogens (primary N) is 1. The largest absolute Gasteiger partial charge is 0.382 e. The molecule has 82 valence electrons. The zero-order valence-electron chi connectivity index (χ0n) is 8.26. The molecule has 1 unspecified atom stereocenters. The Morgan fingerprint density at radius 1 is 1.40 bits per heavy atom. The van der Waals surface area contributed by atoms with Gasteiger partial charge >= 0.3 is 0 Å². The zero-order chi connectivity index (χ0) is 10.9. The summed E-state index contributed by atoms with van der Waals surface area (Å²) in [6.07, 6.45) is 1.40. The molecule has 0 aromatic carbocycles. The van der Waals surface area contributed by atoms with Gasteiger partial charge in [-0.1, -0.05) is 0 Å². The van der Waals surface area contributed by atoms with Gasteiger partial charge in [0.15, 0.2) is 9.84 Å². The molecule has 1 fully saturated rings. The van der Waals surface area contributed by atoms with Crippen LogP contribution in [-0.4, -0.2) is 30.1 Å². The molecule has 0 amide bonds. The summed E-state index contributed by atoms with van der Waals surface area (Å²) in [6.45, 7) is 0. The lowest BCUT2D eigenvalue weighted by atomic mass is 10.0. The Morgan fingerprint density at radius 3 is 2.73 bits per heavy atom. The van der Waals surface area contributed by atoms with Crippen molar-refractivity contribution >= 4 is 15.7 Å². The highest BCUT2D eigenvalue weighted by molar-refractivity contribution is 7.91. The second-order valence-electron chi connectivity index (χ2n) is 3.92. The maximum atomic E-state index is 11.2. The maximum absolute atomic E-state index is 11.2. The summed E-state index contributed by atoms with van der Waals surface area (Å²) in [4.78, 5) is 0. The molecule has 0 saturated carbocycles. The molecule has 5 nitrogen and oxygen atoms in total. The van der Waals surface area contributed by atoms with Crippen LogP contribution in [0.4, 0.5) is 5.82 Å². The lowest BCUT2D eigenvalue weighted by molar-refractivity contribution is 0.574. The van der Waals surface area contributed by atoms with E-state index in [0.29, 0.717) is 18.0 Å². The third-order valence-corrected chi connectivity index (χ3v) is 4.40. The molecular formula is C9H13N3O2S. The van der Waals surface area contributed by atoms with E-state index in [2.05, 4.69) is 10.2 Å². The molecule has 6 heteroatoms. The summed E-state index contributed by atoms with van der Waals surface area (Å²) >= 11 is 0. The lowest BCUT2D eigenvalue weighted by Crippen LogP contribution is -2.09. The van der Waals surface area contributed by atoms with E-state index in [-0.39, 0.29) is 11.7 Å². The molecule has 1 aliphatic rings. The highest BCUT2D eigenvalue weighted by Crippen LogP contribution is 2.21. The van der Waals surface area contributed by atoms with Crippen molar-refractivity contribution in [2.24, 2.45) is 5.92 Å². The van der Waals surface area contributed by atoms with Gasteiger partial charge in [0.1, 0.15) is 5.82 Å². The second kappa shape index (κ2) is 3.77. The Hall–Kier alpha value is -1.17. The van der Waals surface area contributed by atoms with Crippen LogP contribution >= 0.6 is 0 Å². The Bertz CT molecular complexity index is 441. The summed E-state index contributed by atoms with van der Waals surface area (Å²) in [7, 11) is -2.80. The minimum atomic E-state index is -2.80. The fourth-order valence-electron chi connectivity index (χ4n) is 1.81. The standard InChI is InChI=1S/C9H13N3O2S/c10-9-2-1-8(11-12-9)5-7-3-4-15(13,14)6-7/h1-2,7H,3-6H2,(H2,10,12). The number of hydrogen-bond donors (Lipinski definition) is 1. The van der Waals surface area contributed by atoms with E-state index in [1.54, 1.807) is 12.1 Å². The summed E-state index contributed by atoms with van der Waals surface area (Å²) in [5.41, 5.74) is 6.22. The molecule has 2 rings (SSSR count). The molecule has 2 N–H and O–H groups in total. The van der Waals surface area contributed by atoms with Crippen molar-refractivity contribution < 1.29 is 8.42 Å². The first-order chi connectivity index (χ1) is 7.05. The number of anilines is 1. The molecule has 1 saturated heterocycles. The first-order valence-electron chi connectivity index (χ1n) is 4.84. The number of hydrogen-bond acceptors (Lipinski definition) is 5. The molecule has 1 atom stereocenters. The van der Waals surface area contributed by atoms with Crippen molar-refractivity contribution in [1.29, 1.82) is 0 Å². The first kappa shape index (κ1) is 10.4. The Kier molecular flexibility index (Phi) is 2.60. The lowest BCUT2D eigenvalue weighted by Gasteiger charge is -2.05. The van der Waals surface area contributed by atoms with Crippen LogP contribution in [-0.2, 0) is 16.3 Å². The van der Waals surface area contributed by atoms with E-state index in [9.17, 15) is 8.42 Å². The van der Waals surface area contributed by atoms with Gasteiger partial charge in [-0.25, -0.2) is 8.42 Å². The molecule has 0 bridgehead atoms. The molecule has 2 heterocycles. The van der Waals surface area contributed by atoms with Gasteiger partial charge in [0.25, 0.3) is 0 Å². The van der Waals surface area contributed by atoms with Crippen molar-refractivity contribution in [3.8, 4) is 0 Å². The number of aromatic nitrogens is 2. The van der Waals surface area contributed by atoms with Crippen LogP contribution in [0.5, 0.6) is 0 Å². The van der Waals surface area contributed by atoms with Crippen LogP contribution in [0.2, 0.25) is 0 Å². The zero-order valence-corrected chi connectivity index (χ0v) is 9.07. The molecular weight excluding hydrogens is 214 g/mol. The monoisotopic (exact) mass is 227 g/mol. The maximum Gasteiger partial charge on any atom is 0.150 e. The number of rotatable bonds is 2. The number of nitrogen functional groups attached to an aromatic ring is 1. The van der Waals surface area contributed by atoms with Crippen LogP contribution in [0.15, 0.2) is 12.1 Å². The molecule has 0 radical (unpaired) electrons. The fraction of sp³-hybridized carbons (Fsp3) is 0.556. The Labute approximate surface area is 88.6 Å². The van der Waals surface area contributed by atoms with Gasteiger partial charge in [0.05, 0.1) is 17.2 Å². The van der Waals surface area contributed by atoms with Crippen LogP contribution in [0.1, 0.15) is 12.1 Å². The minimum absolute atomic E-state index is 0.188. The molecule has 0 aliphatic carbocycles. The van der Waals surface area contributed by atoms with Gasteiger partial charge in [0, 0.05) is 0 Å². The third-order valence-electron chi connectivity index (χ3n) is 2.56. The van der Waals surface area contributed by atoms with Crippen LogP contribution in [0.3, 0.4) is 0 Å². The van der Waals surface area contributed by atoms with E-state index in [1.165, 1.54) is 0 Å². The van der Waals surface area contributed by atoms with Crippen molar-refractivity contribution in [1.82, 2.24) is 10.2 Å². The van der Waals surface area contributed by atoms with Gasteiger partial charge in [0.2, 0.25) is 0 Å². The van der Waals surface area contributed by atoms with Gasteiger partial charge in [-0.2, -0.15) is 5.10 Å².